The van der Waals surface area contributed by atoms with Crippen molar-refractivity contribution in [1.29, 1.82) is 0 Å². The van der Waals surface area contributed by atoms with Crippen molar-refractivity contribution < 1.29 is 14.7 Å². The molecule has 0 spiro atoms. The molecule has 1 amide bonds. The van der Waals surface area contributed by atoms with Crippen LogP contribution in [0, 0.1) is 6.92 Å². The number of nitrogens with one attached hydrogen (secondary N) is 3. The van der Waals surface area contributed by atoms with Gasteiger partial charge in [-0.1, -0.05) is 23.7 Å². The molecule has 0 saturated carbocycles. The van der Waals surface area contributed by atoms with Crippen molar-refractivity contribution in [3.8, 4) is 0 Å². The summed E-state index contributed by atoms with van der Waals surface area (Å²) in [6.45, 7) is 7.66. The third-order valence-electron chi connectivity index (χ3n) is 4.97. The summed E-state index contributed by atoms with van der Waals surface area (Å²) < 4.78 is 0. The lowest BCUT2D eigenvalue weighted by atomic mass is 10.1. The summed E-state index contributed by atoms with van der Waals surface area (Å²) >= 11 is 6.13. The van der Waals surface area contributed by atoms with Crippen LogP contribution < -0.4 is 20.1 Å². The van der Waals surface area contributed by atoms with Gasteiger partial charge in [-0.15, -0.1) is 0 Å². The minimum absolute atomic E-state index is 0.0418. The van der Waals surface area contributed by atoms with Gasteiger partial charge in [0.1, 0.15) is 26.2 Å². The van der Waals surface area contributed by atoms with Gasteiger partial charge in [0.15, 0.2) is 6.04 Å². The number of aromatic nitrogens is 1. The predicted molar refractivity (Wildman–Crippen MR) is 100 cm³/mol. The number of anilines is 2. The minimum Gasteiger partial charge on any atom is -0.321 e. The Balaban J connectivity index is 1.58. The van der Waals surface area contributed by atoms with E-state index < -0.39 is 0 Å². The fraction of sp³-hybridized carbons (Fsp3) is 0.368. The number of amides is 1. The second-order valence-electron chi connectivity index (χ2n) is 6.52. The number of benzene rings is 1. The zero-order chi connectivity index (χ0) is 17.8. The van der Waals surface area contributed by atoms with Gasteiger partial charge in [-0.3, -0.25) is 9.69 Å². The van der Waals surface area contributed by atoms with Crippen LogP contribution in [0.1, 0.15) is 12.5 Å². The minimum atomic E-state index is -0.0970. The van der Waals surface area contributed by atoms with Crippen LogP contribution >= 0.6 is 11.6 Å². The highest BCUT2D eigenvalue weighted by molar-refractivity contribution is 6.31. The first-order chi connectivity index (χ1) is 12.1. The molecular weight excluding hydrogens is 336 g/mol. The standard InChI is InChI=1S/C19H23ClN4O/c1-14-16(20)6-5-7-17(14)22-19(25)15(2)23-10-12-24(13-11-23)18-8-3-4-9-21-18/h3-9,15H,10-13H2,1-2H3,(H,22,25)/p+2/t15-/m0/s1. The van der Waals surface area contributed by atoms with E-state index in [1.54, 1.807) is 0 Å². The summed E-state index contributed by atoms with van der Waals surface area (Å²) in [6.07, 6.45) is 1.94. The van der Waals surface area contributed by atoms with Crippen LogP contribution in [0.5, 0.6) is 0 Å². The molecule has 6 heteroatoms. The van der Waals surface area contributed by atoms with E-state index in [1.165, 1.54) is 4.90 Å². The number of hydrogen-bond donors (Lipinski definition) is 2. The highest BCUT2D eigenvalue weighted by Crippen LogP contribution is 2.22. The van der Waals surface area contributed by atoms with E-state index in [9.17, 15) is 4.79 Å². The molecule has 1 saturated heterocycles. The lowest BCUT2D eigenvalue weighted by molar-refractivity contribution is -0.914. The first-order valence-electron chi connectivity index (χ1n) is 8.68. The summed E-state index contributed by atoms with van der Waals surface area (Å²) in [5.41, 5.74) is 1.70. The summed E-state index contributed by atoms with van der Waals surface area (Å²) in [6, 6.07) is 11.6. The van der Waals surface area contributed by atoms with Crippen molar-refractivity contribution in [2.45, 2.75) is 19.9 Å². The van der Waals surface area contributed by atoms with Crippen LogP contribution in [0.3, 0.4) is 0 Å². The maximum atomic E-state index is 12.6. The lowest BCUT2D eigenvalue weighted by Crippen LogP contribution is -3.19. The van der Waals surface area contributed by atoms with Crippen molar-refractivity contribution in [2.75, 3.05) is 36.4 Å². The monoisotopic (exact) mass is 360 g/mol. The molecule has 0 aliphatic carbocycles. The topological polar surface area (TPSA) is 50.9 Å². The van der Waals surface area contributed by atoms with Gasteiger partial charge in [0.05, 0.1) is 6.20 Å². The first kappa shape index (κ1) is 17.7. The quantitative estimate of drug-likeness (QED) is 0.860. The number of aromatic amines is 1. The Morgan fingerprint density at radius 3 is 2.68 bits per heavy atom. The van der Waals surface area contributed by atoms with Gasteiger partial charge < -0.3 is 10.2 Å². The van der Waals surface area contributed by atoms with Gasteiger partial charge >= 0.3 is 0 Å². The molecule has 3 N–H and O–H groups in total. The number of pyridine rings is 1. The Morgan fingerprint density at radius 2 is 2.00 bits per heavy atom. The maximum absolute atomic E-state index is 12.6. The van der Waals surface area contributed by atoms with E-state index in [1.807, 2.05) is 50.4 Å². The largest absolute Gasteiger partial charge is 0.321 e. The normalized spacial score (nSPS) is 16.5. The fourth-order valence-corrected chi connectivity index (χ4v) is 3.39. The molecule has 3 rings (SSSR count). The molecule has 0 unspecified atom stereocenters. The molecule has 1 aliphatic heterocycles. The molecular formula is C19H25ClN4O+2. The van der Waals surface area contributed by atoms with Crippen molar-refractivity contribution in [3.63, 3.8) is 0 Å². The zero-order valence-electron chi connectivity index (χ0n) is 14.7. The second-order valence-corrected chi connectivity index (χ2v) is 6.92. The van der Waals surface area contributed by atoms with Crippen molar-refractivity contribution in [2.24, 2.45) is 0 Å². The van der Waals surface area contributed by atoms with E-state index in [0.29, 0.717) is 5.02 Å². The van der Waals surface area contributed by atoms with Crippen molar-refractivity contribution in [1.82, 2.24) is 0 Å². The first-order valence-corrected chi connectivity index (χ1v) is 9.06. The second kappa shape index (κ2) is 7.85. The summed E-state index contributed by atoms with van der Waals surface area (Å²) in [5.74, 6) is 1.17. The molecule has 1 aliphatic rings. The van der Waals surface area contributed by atoms with Crippen LogP contribution in [0.25, 0.3) is 0 Å². The van der Waals surface area contributed by atoms with Gasteiger partial charge in [-0.2, -0.15) is 0 Å². The summed E-state index contributed by atoms with van der Waals surface area (Å²) in [4.78, 5) is 19.5. The highest BCUT2D eigenvalue weighted by atomic mass is 35.5. The van der Waals surface area contributed by atoms with Crippen LogP contribution in [-0.4, -0.2) is 38.1 Å². The van der Waals surface area contributed by atoms with Gasteiger partial charge in [-0.05, 0) is 37.6 Å². The molecule has 2 heterocycles. The third kappa shape index (κ3) is 4.11. The van der Waals surface area contributed by atoms with Gasteiger partial charge in [0, 0.05) is 16.8 Å². The molecule has 1 aromatic heterocycles. The lowest BCUT2D eigenvalue weighted by Gasteiger charge is -2.31. The third-order valence-corrected chi connectivity index (χ3v) is 5.38. The molecule has 1 aromatic carbocycles. The van der Waals surface area contributed by atoms with E-state index in [4.69, 9.17) is 11.6 Å². The number of carbonyl (C=O) groups excluding carboxylic acids is 1. The van der Waals surface area contributed by atoms with E-state index in [-0.39, 0.29) is 11.9 Å². The molecule has 2 aromatic rings. The Labute approximate surface area is 153 Å². The smallest absolute Gasteiger partial charge is 0.282 e. The molecule has 0 radical (unpaired) electrons. The van der Waals surface area contributed by atoms with Crippen LogP contribution in [0.2, 0.25) is 5.02 Å². The highest BCUT2D eigenvalue weighted by Gasteiger charge is 2.32. The fourth-order valence-electron chi connectivity index (χ4n) is 3.22. The van der Waals surface area contributed by atoms with E-state index in [2.05, 4.69) is 21.3 Å². The Kier molecular flexibility index (Phi) is 5.56. The van der Waals surface area contributed by atoms with Gasteiger partial charge in [0.25, 0.3) is 11.7 Å². The summed E-state index contributed by atoms with van der Waals surface area (Å²) in [7, 11) is 0. The number of H-pyrrole nitrogens is 1. The van der Waals surface area contributed by atoms with Crippen molar-refractivity contribution in [3.05, 3.63) is 53.2 Å². The van der Waals surface area contributed by atoms with Gasteiger partial charge in [-0.25, -0.2) is 4.98 Å². The van der Waals surface area contributed by atoms with Crippen LogP contribution in [-0.2, 0) is 4.79 Å². The molecule has 1 atom stereocenters. The number of carbonyl (C=O) groups is 1. The molecule has 25 heavy (non-hydrogen) atoms. The maximum Gasteiger partial charge on any atom is 0.282 e. The van der Waals surface area contributed by atoms with Gasteiger partial charge in [0.2, 0.25) is 0 Å². The average Bonchev–Trinajstić information content (AvgIpc) is 2.65. The van der Waals surface area contributed by atoms with Crippen LogP contribution in [0.15, 0.2) is 42.6 Å². The number of halogens is 1. The zero-order valence-corrected chi connectivity index (χ0v) is 15.4. The Hall–Kier alpha value is -2.11. The van der Waals surface area contributed by atoms with Crippen LogP contribution in [0.4, 0.5) is 11.5 Å². The SMILES string of the molecule is Cc1c(Cl)cccc1NC(=O)[C@H](C)[NH+]1CCN(c2cccc[nH+]2)CC1. The molecule has 132 valence electrons. The number of piperazine rings is 1. The average molecular weight is 361 g/mol. The number of quaternary nitrogens is 1. The predicted octanol–water partition coefficient (Wildman–Crippen LogP) is 1.19. The van der Waals surface area contributed by atoms with E-state index in [0.717, 1.165) is 43.2 Å². The molecule has 0 bridgehead atoms. The number of rotatable bonds is 4. The molecule has 1 fully saturated rings. The number of hydrogen-bond acceptors (Lipinski definition) is 2. The number of nitrogens with zero attached hydrogens (tertiary/aromatic N) is 1. The Morgan fingerprint density at radius 1 is 1.24 bits per heavy atom. The molecule has 5 nitrogen and oxygen atoms in total. The summed E-state index contributed by atoms with van der Waals surface area (Å²) in [5, 5.41) is 3.70. The van der Waals surface area contributed by atoms with E-state index >= 15 is 0 Å². The Bertz CT molecular complexity index is 729. The van der Waals surface area contributed by atoms with Crippen molar-refractivity contribution >= 4 is 29.0 Å².